The summed E-state index contributed by atoms with van der Waals surface area (Å²) in [7, 11) is 1.30. The van der Waals surface area contributed by atoms with Crippen LogP contribution in [-0.2, 0) is 16.1 Å². The SMILES string of the molecule is COC(=O)Cn1nnnc1SCC(O)c1ccccc1. The number of esters is 1. The number of ether oxygens (including phenoxy) is 1. The quantitative estimate of drug-likeness (QED) is 0.618. The lowest BCUT2D eigenvalue weighted by Gasteiger charge is -2.09. The number of aliphatic hydroxyl groups is 1. The number of carbonyl (C=O) groups is 1. The predicted octanol–water partition coefficient (Wildman–Crippen LogP) is 0.672. The van der Waals surface area contributed by atoms with Gasteiger partial charge in [0.05, 0.1) is 13.2 Å². The molecular formula is C12H14N4O3S. The zero-order chi connectivity index (χ0) is 14.4. The van der Waals surface area contributed by atoms with Crippen molar-refractivity contribution in [3.8, 4) is 0 Å². The molecule has 0 saturated carbocycles. The number of hydrogen-bond donors (Lipinski definition) is 1. The molecule has 2 aromatic rings. The third-order valence-electron chi connectivity index (χ3n) is 2.56. The highest BCUT2D eigenvalue weighted by Gasteiger charge is 2.14. The second-order valence-electron chi connectivity index (χ2n) is 3.93. The lowest BCUT2D eigenvalue weighted by atomic mass is 10.1. The van der Waals surface area contributed by atoms with E-state index < -0.39 is 12.1 Å². The lowest BCUT2D eigenvalue weighted by Crippen LogP contribution is -2.14. The van der Waals surface area contributed by atoms with E-state index in [0.717, 1.165) is 5.56 Å². The van der Waals surface area contributed by atoms with Crippen LogP contribution in [0, 0.1) is 0 Å². The molecule has 1 unspecified atom stereocenters. The van der Waals surface area contributed by atoms with Gasteiger partial charge in [0.25, 0.3) is 0 Å². The summed E-state index contributed by atoms with van der Waals surface area (Å²) in [6.45, 7) is -0.0483. The smallest absolute Gasteiger partial charge is 0.327 e. The van der Waals surface area contributed by atoms with Gasteiger partial charge in [0.2, 0.25) is 5.16 Å². The highest BCUT2D eigenvalue weighted by molar-refractivity contribution is 7.99. The Morgan fingerprint density at radius 2 is 2.20 bits per heavy atom. The molecular weight excluding hydrogens is 280 g/mol. The van der Waals surface area contributed by atoms with Gasteiger partial charge in [-0.25, -0.2) is 4.68 Å². The van der Waals surface area contributed by atoms with E-state index in [1.165, 1.54) is 23.6 Å². The average Bonchev–Trinajstić information content (AvgIpc) is 2.92. The third-order valence-corrected chi connectivity index (χ3v) is 3.59. The molecule has 0 bridgehead atoms. The van der Waals surface area contributed by atoms with E-state index >= 15 is 0 Å². The molecule has 0 amide bonds. The van der Waals surface area contributed by atoms with Crippen LogP contribution in [0.5, 0.6) is 0 Å². The molecule has 1 N–H and O–H groups in total. The molecule has 106 valence electrons. The van der Waals surface area contributed by atoms with Gasteiger partial charge in [0, 0.05) is 5.75 Å². The fourth-order valence-electron chi connectivity index (χ4n) is 1.51. The largest absolute Gasteiger partial charge is 0.468 e. The molecule has 2 rings (SSSR count). The van der Waals surface area contributed by atoms with E-state index in [2.05, 4.69) is 20.3 Å². The average molecular weight is 294 g/mol. The molecule has 7 nitrogen and oxygen atoms in total. The number of rotatable bonds is 6. The van der Waals surface area contributed by atoms with E-state index in [4.69, 9.17) is 0 Å². The zero-order valence-corrected chi connectivity index (χ0v) is 11.7. The predicted molar refractivity (Wildman–Crippen MR) is 72.0 cm³/mol. The molecule has 1 aromatic heterocycles. The fraction of sp³-hybridized carbons (Fsp3) is 0.333. The van der Waals surface area contributed by atoms with Crippen LogP contribution in [0.4, 0.5) is 0 Å². The number of nitrogens with zero attached hydrogens (tertiary/aromatic N) is 4. The second kappa shape index (κ2) is 7.01. The number of methoxy groups -OCH3 is 1. The summed E-state index contributed by atoms with van der Waals surface area (Å²) < 4.78 is 5.90. The maximum atomic E-state index is 11.2. The van der Waals surface area contributed by atoms with Crippen molar-refractivity contribution in [2.45, 2.75) is 17.8 Å². The Hall–Kier alpha value is -1.93. The first-order valence-corrected chi connectivity index (χ1v) is 6.88. The molecule has 8 heteroatoms. The van der Waals surface area contributed by atoms with Gasteiger partial charge in [-0.05, 0) is 16.0 Å². The normalized spacial score (nSPS) is 12.1. The Kier molecular flexibility index (Phi) is 5.08. The number of benzene rings is 1. The van der Waals surface area contributed by atoms with Crippen LogP contribution in [-0.4, -0.2) is 44.1 Å². The van der Waals surface area contributed by atoms with E-state index in [0.29, 0.717) is 10.9 Å². The minimum absolute atomic E-state index is 0.0483. The van der Waals surface area contributed by atoms with Crippen LogP contribution in [0.25, 0.3) is 0 Å². The highest BCUT2D eigenvalue weighted by Crippen LogP contribution is 2.22. The van der Waals surface area contributed by atoms with Gasteiger partial charge in [-0.15, -0.1) is 5.10 Å². The molecule has 0 radical (unpaired) electrons. The van der Waals surface area contributed by atoms with Crippen LogP contribution in [0.1, 0.15) is 11.7 Å². The van der Waals surface area contributed by atoms with Gasteiger partial charge < -0.3 is 9.84 Å². The fourth-order valence-corrected chi connectivity index (χ4v) is 2.35. The summed E-state index contributed by atoms with van der Waals surface area (Å²) in [4.78, 5) is 11.2. The molecule has 20 heavy (non-hydrogen) atoms. The number of tetrazole rings is 1. The second-order valence-corrected chi connectivity index (χ2v) is 4.92. The van der Waals surface area contributed by atoms with Gasteiger partial charge in [0.1, 0.15) is 6.54 Å². The zero-order valence-electron chi connectivity index (χ0n) is 10.8. The van der Waals surface area contributed by atoms with Crippen LogP contribution >= 0.6 is 11.8 Å². The Morgan fingerprint density at radius 3 is 2.90 bits per heavy atom. The summed E-state index contributed by atoms with van der Waals surface area (Å²) in [5, 5.41) is 21.5. The van der Waals surface area contributed by atoms with Crippen molar-refractivity contribution >= 4 is 17.7 Å². The third kappa shape index (κ3) is 3.78. The van der Waals surface area contributed by atoms with Gasteiger partial charge in [0.15, 0.2) is 0 Å². The molecule has 0 saturated heterocycles. The summed E-state index contributed by atoms with van der Waals surface area (Å²) in [5.74, 6) is -0.0336. The summed E-state index contributed by atoms with van der Waals surface area (Å²) in [5.41, 5.74) is 0.826. The van der Waals surface area contributed by atoms with Crippen molar-refractivity contribution < 1.29 is 14.6 Å². The topological polar surface area (TPSA) is 90.1 Å². The standard InChI is InChI=1S/C12H14N4O3S/c1-19-11(18)7-16-12(13-14-15-16)20-8-10(17)9-5-3-2-4-6-9/h2-6,10,17H,7-8H2,1H3. The van der Waals surface area contributed by atoms with Crippen molar-refractivity contribution in [2.24, 2.45) is 0 Å². The van der Waals surface area contributed by atoms with Crippen molar-refractivity contribution in [2.75, 3.05) is 12.9 Å². The van der Waals surface area contributed by atoms with Crippen LogP contribution in [0.15, 0.2) is 35.5 Å². The Bertz CT molecular complexity index is 561. The first kappa shape index (κ1) is 14.5. The van der Waals surface area contributed by atoms with Crippen LogP contribution in [0.3, 0.4) is 0 Å². The number of aromatic nitrogens is 4. The highest BCUT2D eigenvalue weighted by atomic mass is 32.2. The lowest BCUT2D eigenvalue weighted by molar-refractivity contribution is -0.141. The Balaban J connectivity index is 1.94. The Labute approximate surface area is 119 Å². The van der Waals surface area contributed by atoms with E-state index in [9.17, 15) is 9.90 Å². The summed E-state index contributed by atoms with van der Waals surface area (Å²) in [6, 6.07) is 9.32. The number of hydrogen-bond acceptors (Lipinski definition) is 7. The van der Waals surface area contributed by atoms with E-state index in [1.54, 1.807) is 0 Å². The van der Waals surface area contributed by atoms with Gasteiger partial charge in [-0.2, -0.15) is 0 Å². The van der Waals surface area contributed by atoms with Crippen molar-refractivity contribution in [1.82, 2.24) is 20.2 Å². The van der Waals surface area contributed by atoms with Crippen LogP contribution in [0.2, 0.25) is 0 Å². The molecule has 0 aliphatic rings. The maximum Gasteiger partial charge on any atom is 0.327 e. The number of thioether (sulfide) groups is 1. The number of carbonyl (C=O) groups excluding carboxylic acids is 1. The van der Waals surface area contributed by atoms with Gasteiger partial charge in [-0.1, -0.05) is 42.1 Å². The maximum absolute atomic E-state index is 11.2. The summed E-state index contributed by atoms with van der Waals surface area (Å²) >= 11 is 1.28. The molecule has 0 spiro atoms. The molecule has 1 heterocycles. The van der Waals surface area contributed by atoms with Crippen molar-refractivity contribution in [3.63, 3.8) is 0 Å². The molecule has 0 aliphatic carbocycles. The van der Waals surface area contributed by atoms with Crippen LogP contribution < -0.4 is 0 Å². The van der Waals surface area contributed by atoms with Crippen molar-refractivity contribution in [1.29, 1.82) is 0 Å². The van der Waals surface area contributed by atoms with Gasteiger partial charge in [-0.3, -0.25) is 4.79 Å². The molecule has 0 aliphatic heterocycles. The molecule has 0 fully saturated rings. The van der Waals surface area contributed by atoms with Gasteiger partial charge >= 0.3 is 5.97 Å². The molecule has 1 aromatic carbocycles. The van der Waals surface area contributed by atoms with E-state index in [-0.39, 0.29) is 6.54 Å². The first-order valence-electron chi connectivity index (χ1n) is 5.89. The van der Waals surface area contributed by atoms with Crippen molar-refractivity contribution in [3.05, 3.63) is 35.9 Å². The van der Waals surface area contributed by atoms with E-state index in [1.807, 2.05) is 30.3 Å². The minimum Gasteiger partial charge on any atom is -0.468 e. The summed E-state index contributed by atoms with van der Waals surface area (Å²) in [6.07, 6.45) is -0.621. The monoisotopic (exact) mass is 294 g/mol. The first-order chi connectivity index (χ1) is 9.70. The Morgan fingerprint density at radius 1 is 1.45 bits per heavy atom. The molecule has 1 atom stereocenters. The number of aliphatic hydroxyl groups excluding tert-OH is 1. The minimum atomic E-state index is -0.621.